The molecule has 0 saturated heterocycles. The van der Waals surface area contributed by atoms with Crippen LogP contribution in [0.3, 0.4) is 0 Å². The van der Waals surface area contributed by atoms with Crippen molar-refractivity contribution < 1.29 is 17.4 Å². The molecule has 1 nitrogen and oxygen atoms in total. The Balaban J connectivity index is 2.63. The van der Waals surface area contributed by atoms with Crippen LogP contribution in [0.2, 0.25) is 0 Å². The zero-order valence-corrected chi connectivity index (χ0v) is 6.95. The summed E-state index contributed by atoms with van der Waals surface area (Å²) >= 11 is 0. The van der Waals surface area contributed by atoms with Crippen molar-refractivity contribution in [2.75, 3.05) is 0 Å². The molecule has 0 aliphatic heterocycles. The lowest BCUT2D eigenvalue weighted by Crippen LogP contribution is -1.78. The fourth-order valence-electron chi connectivity index (χ4n) is 1.40. The number of phenols is 1. The van der Waals surface area contributed by atoms with E-state index in [4.69, 9.17) is 12.3 Å². The van der Waals surface area contributed by atoms with Crippen LogP contribution in [0.1, 0.15) is 23.5 Å². The van der Waals surface area contributed by atoms with Crippen molar-refractivity contribution in [1.29, 1.82) is 0 Å². The highest BCUT2D eigenvalue weighted by molar-refractivity contribution is 5.77. The summed E-state index contributed by atoms with van der Waals surface area (Å²) in [5, 5.41) is 9.82. The van der Waals surface area contributed by atoms with Gasteiger partial charge in [-0.15, -0.1) is 0 Å². The smallest absolute Gasteiger partial charge is 0.116 e. The van der Waals surface area contributed by atoms with Crippen LogP contribution in [-0.4, -0.2) is 5.11 Å². The maximum absolute atomic E-state index is 9.82. The lowest BCUT2D eigenvalue weighted by Gasteiger charge is -2.00. The van der Waals surface area contributed by atoms with Gasteiger partial charge in [-0.1, -0.05) is 30.2 Å². The van der Waals surface area contributed by atoms with E-state index in [0.29, 0.717) is 0 Å². The summed E-state index contributed by atoms with van der Waals surface area (Å²) in [5.74, 6) is -0.815. The zero-order chi connectivity index (χ0) is 17.4. The van der Waals surface area contributed by atoms with Crippen molar-refractivity contribution in [3.8, 4) is 16.9 Å². The normalized spacial score (nSPS) is 25.0. The predicted molar refractivity (Wildman–Crippen MR) is 56.3 cm³/mol. The second kappa shape index (κ2) is 2.61. The summed E-state index contributed by atoms with van der Waals surface area (Å²) in [5.41, 5.74) is -1.24. The summed E-state index contributed by atoms with van der Waals surface area (Å²) in [6.45, 7) is 0. The minimum absolute atomic E-state index is 0.232. The van der Waals surface area contributed by atoms with Crippen LogP contribution < -0.4 is 0 Å². The number of fused-ring (bicyclic) bond motifs is 3. The largest absolute Gasteiger partial charge is 0.508 e. The van der Waals surface area contributed by atoms with Gasteiger partial charge in [0.25, 0.3) is 0 Å². The predicted octanol–water partition coefficient (Wildman–Crippen LogP) is 2.96. The van der Waals surface area contributed by atoms with Gasteiger partial charge in [-0.05, 0) is 40.7 Å². The van der Waals surface area contributed by atoms with E-state index in [0.717, 1.165) is 0 Å². The second-order valence-corrected chi connectivity index (χ2v) is 2.85. The number of aromatic hydroxyl groups is 1. The molecular formula is C13H10O. The van der Waals surface area contributed by atoms with Crippen molar-refractivity contribution >= 4 is 0 Å². The molecule has 1 heteroatoms. The highest BCUT2D eigenvalue weighted by atomic mass is 16.3. The summed E-state index contributed by atoms with van der Waals surface area (Å²) in [6.07, 6.45) is -2.46. The highest BCUT2D eigenvalue weighted by Gasteiger charge is 2.17. The number of rotatable bonds is 0. The maximum atomic E-state index is 9.82. The van der Waals surface area contributed by atoms with Gasteiger partial charge in [0, 0.05) is 2.74 Å². The van der Waals surface area contributed by atoms with Gasteiger partial charge in [-0.3, -0.25) is 0 Å². The summed E-state index contributed by atoms with van der Waals surface area (Å²) in [4.78, 5) is 0. The number of benzene rings is 2. The van der Waals surface area contributed by atoms with E-state index in [-0.39, 0.29) is 22.3 Å². The average Bonchev–Trinajstić information content (AvgIpc) is 2.74. The molecule has 0 heterocycles. The fraction of sp³-hybridized carbons (Fsp3) is 0.0769. The van der Waals surface area contributed by atoms with E-state index in [2.05, 4.69) is 0 Å². The molecular weight excluding hydrogens is 172 g/mol. The van der Waals surface area contributed by atoms with Crippen molar-refractivity contribution in [3.63, 3.8) is 0 Å². The van der Waals surface area contributed by atoms with E-state index in [1.165, 1.54) is 0 Å². The molecule has 2 aromatic rings. The molecule has 0 atom stereocenters. The van der Waals surface area contributed by atoms with Crippen LogP contribution in [0, 0.1) is 0 Å². The van der Waals surface area contributed by atoms with E-state index >= 15 is 0 Å². The van der Waals surface area contributed by atoms with Crippen molar-refractivity contribution in [2.45, 2.75) is 6.37 Å². The summed E-state index contributed by atoms with van der Waals surface area (Å²) in [7, 11) is 0. The molecule has 0 bridgehead atoms. The van der Waals surface area contributed by atoms with Crippen LogP contribution in [0.25, 0.3) is 11.1 Å². The molecule has 14 heavy (non-hydrogen) atoms. The Kier molecular flexibility index (Phi) is 0.534. The molecule has 0 spiro atoms. The fourth-order valence-corrected chi connectivity index (χ4v) is 1.40. The standard InChI is InChI=1S/C13H10O/c14-11-6-5-10-7-9-3-1-2-4-12(9)13(10)8-11/h1-6,8,14H,7H2/i1D,2D,3D,4D,5D,6D,7D2,8D. The Morgan fingerprint density at radius 2 is 1.86 bits per heavy atom. The Labute approximate surface area is 95.3 Å². The van der Waals surface area contributed by atoms with E-state index in [1.54, 1.807) is 0 Å². The molecule has 0 fully saturated rings. The molecule has 0 aromatic heterocycles. The third kappa shape index (κ3) is 0.956. The third-order valence-corrected chi connectivity index (χ3v) is 1.99. The zero-order valence-electron chi connectivity index (χ0n) is 15.9. The van der Waals surface area contributed by atoms with E-state index < -0.39 is 54.4 Å². The van der Waals surface area contributed by atoms with Crippen molar-refractivity contribution in [2.24, 2.45) is 0 Å². The second-order valence-electron chi connectivity index (χ2n) is 2.85. The first kappa shape index (κ1) is 2.86. The Morgan fingerprint density at radius 3 is 2.79 bits per heavy atom. The van der Waals surface area contributed by atoms with Crippen LogP contribution in [0.15, 0.2) is 42.3 Å². The molecule has 1 N–H and O–H groups in total. The molecule has 3 rings (SSSR count). The van der Waals surface area contributed by atoms with Crippen molar-refractivity contribution in [1.82, 2.24) is 0 Å². The molecule has 0 radical (unpaired) electrons. The van der Waals surface area contributed by atoms with Crippen LogP contribution in [-0.2, 0) is 6.37 Å². The number of hydrogen-bond donors (Lipinski definition) is 1. The Hall–Kier alpha value is -1.76. The van der Waals surface area contributed by atoms with Crippen molar-refractivity contribution in [3.05, 3.63) is 53.4 Å². The first-order valence-corrected chi connectivity index (χ1v) is 3.97. The first-order chi connectivity index (χ1) is 10.5. The average molecular weight is 191 g/mol. The Bertz CT molecular complexity index is 817. The monoisotopic (exact) mass is 191 g/mol. The minimum Gasteiger partial charge on any atom is -0.508 e. The third-order valence-electron chi connectivity index (χ3n) is 1.99. The minimum atomic E-state index is -2.46. The van der Waals surface area contributed by atoms with Gasteiger partial charge < -0.3 is 5.11 Å². The van der Waals surface area contributed by atoms with E-state index in [1.807, 2.05) is 0 Å². The SMILES string of the molecule is [2H]c1c([2H])c([2H])c2c(c1[2H])-c1c([2H])c(O)c([2H])c([2H])c1C2([2H])[2H]. The highest BCUT2D eigenvalue weighted by Crippen LogP contribution is 2.37. The van der Waals surface area contributed by atoms with Crippen LogP contribution in [0.5, 0.6) is 5.75 Å². The molecule has 0 amide bonds. The lowest BCUT2D eigenvalue weighted by molar-refractivity contribution is 0.475. The molecule has 2 aromatic carbocycles. The number of hydrogen-bond acceptors (Lipinski definition) is 1. The summed E-state index contributed by atoms with van der Waals surface area (Å²) in [6, 6.07) is -4.28. The van der Waals surface area contributed by atoms with Gasteiger partial charge in [-0.2, -0.15) is 0 Å². The Morgan fingerprint density at radius 1 is 1.07 bits per heavy atom. The quantitative estimate of drug-likeness (QED) is 0.678. The van der Waals surface area contributed by atoms with Crippen LogP contribution >= 0.6 is 0 Å². The van der Waals surface area contributed by atoms with Crippen LogP contribution in [0.4, 0.5) is 0 Å². The summed E-state index contributed by atoms with van der Waals surface area (Å²) < 4.78 is 71.2. The topological polar surface area (TPSA) is 20.2 Å². The van der Waals surface area contributed by atoms with Gasteiger partial charge in [0.15, 0.2) is 0 Å². The molecule has 1 aliphatic carbocycles. The molecule has 0 saturated carbocycles. The first-order valence-electron chi connectivity index (χ1n) is 8.47. The lowest BCUT2D eigenvalue weighted by atomic mass is 10.1. The van der Waals surface area contributed by atoms with Gasteiger partial charge in [0.1, 0.15) is 5.75 Å². The van der Waals surface area contributed by atoms with Gasteiger partial charge in [0.2, 0.25) is 0 Å². The van der Waals surface area contributed by atoms with Gasteiger partial charge in [0.05, 0.1) is 9.60 Å². The molecule has 0 unspecified atom stereocenters. The maximum Gasteiger partial charge on any atom is 0.116 e. The molecule has 1 aliphatic rings. The van der Waals surface area contributed by atoms with Gasteiger partial charge >= 0.3 is 0 Å². The molecule has 68 valence electrons. The number of phenolic OH excluding ortho intramolecular Hbond substituents is 1. The van der Waals surface area contributed by atoms with Gasteiger partial charge in [-0.25, -0.2) is 0 Å². The van der Waals surface area contributed by atoms with E-state index in [9.17, 15) is 5.11 Å².